The van der Waals surface area contributed by atoms with E-state index in [9.17, 15) is 14.7 Å². The van der Waals surface area contributed by atoms with Gasteiger partial charge < -0.3 is 34.0 Å². The predicted molar refractivity (Wildman–Crippen MR) is 232 cm³/mol. The summed E-state index contributed by atoms with van der Waals surface area (Å²) in [6.07, 6.45) is 0.979. The van der Waals surface area contributed by atoms with E-state index in [2.05, 4.69) is 38.3 Å². The highest BCUT2D eigenvalue weighted by molar-refractivity contribution is 9.10. The van der Waals surface area contributed by atoms with Crippen LogP contribution in [-0.4, -0.2) is 80.2 Å². The minimum absolute atomic E-state index is 0.0725. The van der Waals surface area contributed by atoms with Crippen LogP contribution in [-0.2, 0) is 44.2 Å². The molecule has 9 rings (SSSR count). The SMILES string of the molecule is C[C@H]1[C@H]([Si](C)(C)F)[C@@H](CC(=O)N2Cc3ccccc3C[C@H]2CO)O[C@]12C(=O)N(Cc1cccc(N3CN(c4ccccc4)C4(CCNCC4)C3=O)c1)c1ccc(Br)cc12. The Labute approximate surface area is 354 Å². The van der Waals surface area contributed by atoms with Crippen molar-refractivity contribution < 1.29 is 28.3 Å². The molecule has 10 nitrogen and oxygen atoms in total. The quantitative estimate of drug-likeness (QED) is 0.145. The van der Waals surface area contributed by atoms with Gasteiger partial charge in [-0.2, -0.15) is 0 Å². The van der Waals surface area contributed by atoms with Crippen LogP contribution in [0.2, 0.25) is 18.6 Å². The van der Waals surface area contributed by atoms with Gasteiger partial charge in [-0.25, -0.2) is 0 Å². The Morgan fingerprint density at radius 2 is 1.64 bits per heavy atom. The maximum absolute atomic E-state index is 16.7. The van der Waals surface area contributed by atoms with Gasteiger partial charge in [-0.3, -0.25) is 19.3 Å². The standard InChI is InChI=1S/C46H51BrFN5O5Si/c1-30-42(59(2,3)48)40(25-41(55)50-27-33-12-8-7-11-32(33)23-37(50)28-54)58-46(30)38-24-34(47)16-17-39(38)51(44(46)57)26-31-10-9-15-36(22-31)52-29-53(35-13-5-4-6-14-35)45(43(52)56)18-20-49-21-19-45/h4-17,22,24,30,37,40,42,49,54H,18-21,23,25-29H2,1-3H3/t30-,37-,40+,42-,46+/m0/s1. The Balaban J connectivity index is 1.02. The van der Waals surface area contributed by atoms with E-state index in [-0.39, 0.29) is 37.3 Å². The Bertz CT molecular complexity index is 2290. The van der Waals surface area contributed by atoms with Crippen molar-refractivity contribution in [2.45, 2.75) is 87.6 Å². The summed E-state index contributed by atoms with van der Waals surface area (Å²) in [6.45, 7) is 7.46. The summed E-state index contributed by atoms with van der Waals surface area (Å²) in [5, 5.41) is 13.8. The van der Waals surface area contributed by atoms with Gasteiger partial charge in [-0.05, 0) is 105 Å². The molecule has 3 fully saturated rings. The number of anilines is 3. The highest BCUT2D eigenvalue weighted by Gasteiger charge is 2.67. The van der Waals surface area contributed by atoms with E-state index >= 15 is 8.90 Å². The number of aliphatic hydroxyl groups excluding tert-OH is 1. The molecule has 0 unspecified atom stereocenters. The molecule has 0 aromatic heterocycles. The number of carbonyl (C=O) groups is 3. The van der Waals surface area contributed by atoms with E-state index in [1.807, 2.05) is 96.8 Å². The maximum Gasteiger partial charge on any atom is 0.264 e. The second-order valence-corrected chi connectivity index (χ2v) is 22.2. The highest BCUT2D eigenvalue weighted by atomic mass is 79.9. The summed E-state index contributed by atoms with van der Waals surface area (Å²) < 4.78 is 24.4. The number of para-hydroxylation sites is 1. The molecule has 5 aliphatic rings. The molecule has 3 saturated heterocycles. The van der Waals surface area contributed by atoms with Crippen LogP contribution in [0.3, 0.4) is 0 Å². The number of halogens is 2. The third-order valence-corrected chi connectivity index (χ3v) is 16.6. The largest absolute Gasteiger partial charge is 0.394 e. The van der Waals surface area contributed by atoms with Crippen LogP contribution in [0.25, 0.3) is 0 Å². The van der Waals surface area contributed by atoms with Crippen molar-refractivity contribution in [3.05, 3.63) is 124 Å². The lowest BCUT2D eigenvalue weighted by molar-refractivity contribution is -0.151. The summed E-state index contributed by atoms with van der Waals surface area (Å²) in [5.74, 6) is -1.02. The van der Waals surface area contributed by atoms with Crippen LogP contribution >= 0.6 is 15.9 Å². The molecule has 4 aromatic rings. The molecule has 5 atom stereocenters. The molecule has 0 bridgehead atoms. The fourth-order valence-electron chi connectivity index (χ4n) is 10.9. The summed E-state index contributed by atoms with van der Waals surface area (Å²) in [6, 6.07) is 31.2. The molecular weight excluding hydrogens is 830 g/mol. The van der Waals surface area contributed by atoms with Gasteiger partial charge >= 0.3 is 0 Å². The number of nitrogens with one attached hydrogen (secondary N) is 1. The summed E-state index contributed by atoms with van der Waals surface area (Å²) >= 11 is 3.64. The molecule has 4 aromatic carbocycles. The number of amides is 3. The predicted octanol–water partition coefficient (Wildman–Crippen LogP) is 7.04. The number of benzene rings is 4. The molecule has 13 heteroatoms. The van der Waals surface area contributed by atoms with E-state index in [0.29, 0.717) is 43.7 Å². The first-order chi connectivity index (χ1) is 28.4. The van der Waals surface area contributed by atoms with Crippen LogP contribution in [0, 0.1) is 5.92 Å². The minimum Gasteiger partial charge on any atom is -0.394 e. The first-order valence-corrected chi connectivity index (χ1v) is 24.5. The summed E-state index contributed by atoms with van der Waals surface area (Å²) in [4.78, 5) is 51.5. The van der Waals surface area contributed by atoms with Gasteiger partial charge in [0.25, 0.3) is 11.8 Å². The molecule has 0 radical (unpaired) electrons. The summed E-state index contributed by atoms with van der Waals surface area (Å²) in [7, 11) is -3.55. The molecule has 2 N–H and O–H groups in total. The number of piperidine rings is 1. The average molecular weight is 881 g/mol. The van der Waals surface area contributed by atoms with E-state index in [1.54, 1.807) is 22.9 Å². The molecular formula is C46H51BrFN5O5Si. The molecule has 2 spiro atoms. The molecule has 308 valence electrons. The highest BCUT2D eigenvalue weighted by Crippen LogP contribution is 2.61. The molecule has 59 heavy (non-hydrogen) atoms. The third-order valence-electron chi connectivity index (χ3n) is 13.7. The summed E-state index contributed by atoms with van der Waals surface area (Å²) in [5.41, 5.74) is 3.23. The van der Waals surface area contributed by atoms with Crippen molar-refractivity contribution in [2.75, 3.05) is 41.1 Å². The molecule has 5 heterocycles. The van der Waals surface area contributed by atoms with Gasteiger partial charge in [0.1, 0.15) is 5.54 Å². The lowest BCUT2D eigenvalue weighted by Crippen LogP contribution is -2.55. The number of fused-ring (bicyclic) bond motifs is 3. The average Bonchev–Trinajstić information content (AvgIpc) is 3.77. The van der Waals surface area contributed by atoms with E-state index < -0.39 is 43.2 Å². The molecule has 0 saturated carbocycles. The maximum atomic E-state index is 16.7. The Kier molecular flexibility index (Phi) is 10.3. The first-order valence-electron chi connectivity index (χ1n) is 20.8. The van der Waals surface area contributed by atoms with Crippen molar-refractivity contribution in [1.29, 1.82) is 0 Å². The third kappa shape index (κ3) is 6.64. The smallest absolute Gasteiger partial charge is 0.264 e. The van der Waals surface area contributed by atoms with Crippen molar-refractivity contribution in [3.63, 3.8) is 0 Å². The Hall–Kier alpha value is -4.40. The van der Waals surface area contributed by atoms with Crippen molar-refractivity contribution >= 4 is 59.1 Å². The number of hydrogen-bond acceptors (Lipinski definition) is 7. The first kappa shape index (κ1) is 40.0. The fraction of sp³-hybridized carbons (Fsp3) is 0.413. The number of hydrogen-bond donors (Lipinski definition) is 2. The Morgan fingerprint density at radius 3 is 2.37 bits per heavy atom. The second kappa shape index (κ2) is 15.3. The van der Waals surface area contributed by atoms with Gasteiger partial charge in [0.15, 0.2) is 5.60 Å². The normalized spacial score (nSPS) is 26.3. The van der Waals surface area contributed by atoms with Crippen LogP contribution in [0.4, 0.5) is 21.2 Å². The lowest BCUT2D eigenvalue weighted by atomic mass is 9.82. The zero-order valence-corrected chi connectivity index (χ0v) is 36.3. The van der Waals surface area contributed by atoms with Gasteiger partial charge in [0.05, 0.1) is 44.1 Å². The Morgan fingerprint density at radius 1 is 0.932 bits per heavy atom. The van der Waals surface area contributed by atoms with Gasteiger partial charge in [0, 0.05) is 39.4 Å². The minimum atomic E-state index is -3.55. The zero-order valence-electron chi connectivity index (χ0n) is 33.7. The monoisotopic (exact) mass is 879 g/mol. The van der Waals surface area contributed by atoms with E-state index in [0.717, 1.165) is 45.6 Å². The molecule has 0 aliphatic carbocycles. The van der Waals surface area contributed by atoms with Crippen LogP contribution in [0.5, 0.6) is 0 Å². The molecule has 3 amide bonds. The lowest BCUT2D eigenvalue weighted by Gasteiger charge is -2.39. The van der Waals surface area contributed by atoms with Crippen molar-refractivity contribution in [1.82, 2.24) is 10.2 Å². The van der Waals surface area contributed by atoms with Gasteiger partial charge in [0.2, 0.25) is 14.3 Å². The fourth-order valence-corrected chi connectivity index (χ4v) is 13.7. The van der Waals surface area contributed by atoms with E-state index in [1.165, 1.54) is 0 Å². The van der Waals surface area contributed by atoms with Gasteiger partial charge in [-0.1, -0.05) is 77.5 Å². The second-order valence-electron chi connectivity index (χ2n) is 17.4. The molecule has 5 aliphatic heterocycles. The number of aliphatic hydroxyl groups is 1. The number of ether oxygens (including phenoxy) is 1. The van der Waals surface area contributed by atoms with E-state index in [4.69, 9.17) is 4.74 Å². The zero-order chi connectivity index (χ0) is 41.3. The number of carbonyl (C=O) groups excluding carboxylic acids is 3. The number of rotatable bonds is 8. The van der Waals surface area contributed by atoms with Crippen molar-refractivity contribution in [3.8, 4) is 0 Å². The van der Waals surface area contributed by atoms with Crippen LogP contribution in [0.1, 0.15) is 48.4 Å². The topological polar surface area (TPSA) is 106 Å². The van der Waals surface area contributed by atoms with Gasteiger partial charge in [-0.15, -0.1) is 0 Å². The van der Waals surface area contributed by atoms with Crippen molar-refractivity contribution in [2.24, 2.45) is 5.92 Å². The number of nitrogens with zero attached hydrogens (tertiary/aromatic N) is 4. The van der Waals surface area contributed by atoms with Crippen LogP contribution < -0.4 is 20.0 Å². The van der Waals surface area contributed by atoms with Crippen LogP contribution in [0.15, 0.2) is 102 Å².